The molecule has 2 fully saturated rings. The van der Waals surface area contributed by atoms with Gasteiger partial charge in [-0.25, -0.2) is 0 Å². The van der Waals surface area contributed by atoms with Crippen molar-refractivity contribution >= 4 is 5.91 Å². The van der Waals surface area contributed by atoms with E-state index >= 15 is 0 Å². The van der Waals surface area contributed by atoms with Crippen LogP contribution in [0, 0.1) is 5.92 Å². The van der Waals surface area contributed by atoms with Crippen LogP contribution in [0.3, 0.4) is 0 Å². The third kappa shape index (κ3) is 5.11. The summed E-state index contributed by atoms with van der Waals surface area (Å²) in [6, 6.07) is 0.922. The normalized spacial score (nSPS) is 23.4. The van der Waals surface area contributed by atoms with E-state index in [0.717, 1.165) is 19.5 Å². The molecule has 6 heteroatoms. The highest BCUT2D eigenvalue weighted by Crippen LogP contribution is 2.31. The van der Waals surface area contributed by atoms with Crippen LogP contribution in [0.4, 0.5) is 0 Å². The van der Waals surface area contributed by atoms with E-state index in [9.17, 15) is 4.79 Å². The topological polar surface area (TPSA) is 50.6 Å². The Labute approximate surface area is 163 Å². The van der Waals surface area contributed by atoms with E-state index in [2.05, 4.69) is 28.7 Å². The number of aromatic nitrogens is 2. The average Bonchev–Trinajstić information content (AvgIpc) is 3.17. The average molecular weight is 377 g/mol. The summed E-state index contributed by atoms with van der Waals surface area (Å²) in [6.07, 6.45) is 10.9. The van der Waals surface area contributed by atoms with Crippen molar-refractivity contribution in [3.63, 3.8) is 0 Å². The van der Waals surface area contributed by atoms with Crippen LogP contribution in [0.25, 0.3) is 0 Å². The molecular weight excluding hydrogens is 340 g/mol. The highest BCUT2D eigenvalue weighted by Gasteiger charge is 2.34. The van der Waals surface area contributed by atoms with Crippen LogP contribution in [0.5, 0.6) is 0 Å². The summed E-state index contributed by atoms with van der Waals surface area (Å²) in [7, 11) is 1.72. The summed E-state index contributed by atoms with van der Waals surface area (Å²) >= 11 is 0. The molecule has 2 aliphatic heterocycles. The van der Waals surface area contributed by atoms with Crippen molar-refractivity contribution in [1.29, 1.82) is 0 Å². The second kappa shape index (κ2) is 9.69. The number of nitrogens with zero attached hydrogens (tertiary/aromatic N) is 4. The van der Waals surface area contributed by atoms with Crippen LogP contribution >= 0.6 is 0 Å². The first kappa shape index (κ1) is 20.3. The van der Waals surface area contributed by atoms with Gasteiger partial charge in [0.25, 0.3) is 5.91 Å². The zero-order chi connectivity index (χ0) is 19.2. The number of amides is 1. The molecular formula is C21H36N4O2. The maximum Gasteiger partial charge on any atom is 0.257 e. The predicted molar refractivity (Wildman–Crippen MR) is 107 cm³/mol. The quantitative estimate of drug-likeness (QED) is 0.654. The maximum atomic E-state index is 13.2. The Bertz CT molecular complexity index is 599. The zero-order valence-electron chi connectivity index (χ0n) is 17.3. The van der Waals surface area contributed by atoms with E-state index in [4.69, 9.17) is 4.74 Å². The third-order valence-corrected chi connectivity index (χ3v) is 6.12. The first-order valence-electron chi connectivity index (χ1n) is 10.7. The second-order valence-electron chi connectivity index (χ2n) is 8.40. The number of piperidine rings is 2. The summed E-state index contributed by atoms with van der Waals surface area (Å²) in [4.78, 5) is 18.0. The standard InChI is InChI=1S/C21H36N4O2/c1-17(2)25-16-19(14-22-25)21(26)24(12-7-13-27-3)15-18-8-6-11-23-10-5-4-9-20(18)23/h14,16-18,20H,4-13,15H2,1-3H3/t18-,20+/m1/s1. The fraction of sp³-hybridized carbons (Fsp3) is 0.810. The molecule has 3 heterocycles. The number of ether oxygens (including phenoxy) is 1. The number of hydrogen-bond donors (Lipinski definition) is 0. The number of hydrogen-bond acceptors (Lipinski definition) is 4. The number of methoxy groups -OCH3 is 1. The minimum Gasteiger partial charge on any atom is -0.385 e. The van der Waals surface area contributed by atoms with Crippen LogP contribution in [-0.2, 0) is 4.74 Å². The molecule has 6 nitrogen and oxygen atoms in total. The molecule has 0 aromatic carbocycles. The maximum absolute atomic E-state index is 13.2. The Hall–Kier alpha value is -1.40. The molecule has 2 atom stereocenters. The van der Waals surface area contributed by atoms with E-state index in [0.29, 0.717) is 24.1 Å². The summed E-state index contributed by atoms with van der Waals surface area (Å²) in [5.41, 5.74) is 0.706. The molecule has 1 aromatic heterocycles. The van der Waals surface area contributed by atoms with Gasteiger partial charge in [-0.2, -0.15) is 5.10 Å². The summed E-state index contributed by atoms with van der Waals surface area (Å²) in [5.74, 6) is 0.705. The molecule has 2 saturated heterocycles. The lowest BCUT2D eigenvalue weighted by Crippen LogP contribution is -2.51. The van der Waals surface area contributed by atoms with E-state index in [1.165, 1.54) is 45.2 Å². The number of fused-ring (bicyclic) bond motifs is 1. The van der Waals surface area contributed by atoms with Crippen molar-refractivity contribution in [3.8, 4) is 0 Å². The van der Waals surface area contributed by atoms with Crippen molar-refractivity contribution in [3.05, 3.63) is 18.0 Å². The van der Waals surface area contributed by atoms with Crippen molar-refractivity contribution < 1.29 is 9.53 Å². The monoisotopic (exact) mass is 376 g/mol. The lowest BCUT2D eigenvalue weighted by Gasteiger charge is -2.45. The van der Waals surface area contributed by atoms with E-state index in [1.807, 2.05) is 10.9 Å². The van der Waals surface area contributed by atoms with Crippen LogP contribution < -0.4 is 0 Å². The van der Waals surface area contributed by atoms with Gasteiger partial charge in [0.1, 0.15) is 0 Å². The molecule has 1 amide bonds. The highest BCUT2D eigenvalue weighted by atomic mass is 16.5. The van der Waals surface area contributed by atoms with Crippen molar-refractivity contribution in [2.75, 3.05) is 39.9 Å². The van der Waals surface area contributed by atoms with E-state index in [1.54, 1.807) is 13.3 Å². The first-order valence-corrected chi connectivity index (χ1v) is 10.7. The lowest BCUT2D eigenvalue weighted by atomic mass is 9.83. The molecule has 3 rings (SSSR count). The zero-order valence-corrected chi connectivity index (χ0v) is 17.3. The molecule has 0 N–H and O–H groups in total. The summed E-state index contributed by atoms with van der Waals surface area (Å²) in [6.45, 7) is 8.93. The van der Waals surface area contributed by atoms with E-state index in [-0.39, 0.29) is 11.9 Å². The fourth-order valence-corrected chi connectivity index (χ4v) is 4.66. The van der Waals surface area contributed by atoms with Gasteiger partial charge in [0.15, 0.2) is 0 Å². The Morgan fingerprint density at radius 1 is 1.30 bits per heavy atom. The molecule has 27 heavy (non-hydrogen) atoms. The predicted octanol–water partition coefficient (Wildman–Crippen LogP) is 3.21. The lowest BCUT2D eigenvalue weighted by molar-refractivity contribution is 0.0347. The van der Waals surface area contributed by atoms with Gasteiger partial charge in [-0.15, -0.1) is 0 Å². The number of rotatable bonds is 8. The van der Waals surface area contributed by atoms with Gasteiger partial charge in [0, 0.05) is 45.1 Å². The Morgan fingerprint density at radius 2 is 2.11 bits per heavy atom. The number of carbonyl (C=O) groups is 1. The number of carbonyl (C=O) groups excluding carboxylic acids is 1. The third-order valence-electron chi connectivity index (χ3n) is 6.12. The van der Waals surface area contributed by atoms with Gasteiger partial charge < -0.3 is 14.5 Å². The van der Waals surface area contributed by atoms with Gasteiger partial charge in [0.2, 0.25) is 0 Å². The van der Waals surface area contributed by atoms with Crippen LogP contribution in [0.15, 0.2) is 12.4 Å². The van der Waals surface area contributed by atoms with Gasteiger partial charge in [-0.3, -0.25) is 9.48 Å². The molecule has 152 valence electrons. The Kier molecular flexibility index (Phi) is 7.30. The SMILES string of the molecule is COCCCN(C[C@H]1CCCN2CCCC[C@@H]12)C(=O)c1cnn(C(C)C)c1. The van der Waals surface area contributed by atoms with Crippen molar-refractivity contribution in [1.82, 2.24) is 19.6 Å². The Morgan fingerprint density at radius 3 is 2.85 bits per heavy atom. The minimum absolute atomic E-state index is 0.117. The van der Waals surface area contributed by atoms with Gasteiger partial charge in [0.05, 0.1) is 11.8 Å². The second-order valence-corrected chi connectivity index (χ2v) is 8.40. The molecule has 0 aliphatic carbocycles. The summed E-state index contributed by atoms with van der Waals surface area (Å²) in [5, 5.41) is 4.36. The Balaban J connectivity index is 1.70. The van der Waals surface area contributed by atoms with Crippen LogP contribution in [-0.4, -0.2) is 71.4 Å². The molecule has 0 radical (unpaired) electrons. The molecule has 0 unspecified atom stereocenters. The fourth-order valence-electron chi connectivity index (χ4n) is 4.66. The van der Waals surface area contributed by atoms with Crippen LogP contribution in [0.1, 0.15) is 68.8 Å². The molecule has 1 aromatic rings. The molecule has 0 spiro atoms. The van der Waals surface area contributed by atoms with Gasteiger partial charge in [-0.05, 0) is 65.0 Å². The van der Waals surface area contributed by atoms with Crippen molar-refractivity contribution in [2.24, 2.45) is 5.92 Å². The van der Waals surface area contributed by atoms with Gasteiger partial charge >= 0.3 is 0 Å². The minimum atomic E-state index is 0.117. The van der Waals surface area contributed by atoms with Crippen LogP contribution in [0.2, 0.25) is 0 Å². The first-order chi connectivity index (χ1) is 13.1. The summed E-state index contributed by atoms with van der Waals surface area (Å²) < 4.78 is 7.09. The van der Waals surface area contributed by atoms with Gasteiger partial charge in [-0.1, -0.05) is 6.42 Å². The van der Waals surface area contributed by atoms with E-state index < -0.39 is 0 Å². The highest BCUT2D eigenvalue weighted by molar-refractivity contribution is 5.93. The van der Waals surface area contributed by atoms with Crippen molar-refractivity contribution in [2.45, 2.75) is 64.5 Å². The largest absolute Gasteiger partial charge is 0.385 e. The molecule has 0 bridgehead atoms. The molecule has 2 aliphatic rings. The molecule has 0 saturated carbocycles. The smallest absolute Gasteiger partial charge is 0.257 e.